The lowest BCUT2D eigenvalue weighted by molar-refractivity contribution is -0.173. The molecule has 8 rings (SSSR count). The summed E-state index contributed by atoms with van der Waals surface area (Å²) < 4.78 is 2.56. The molecule has 13 heteroatoms. The maximum Gasteiger partial charge on any atom is 0.257 e. The van der Waals surface area contributed by atoms with Crippen LogP contribution < -0.4 is 4.90 Å². The standard InChI is InChI=1S/C34H28Cl2N4O6S/c1-14-20-10-15(35)4-9-25(20)47-29(14)24-13-26(38(3)37-24)39-31(43)22-12-21-17(7-8-19-27(21)32(44)40(46)30(19)42)28(34(22,2)33(39)45)18-6-5-16(41)11-23(18)36/h4-7,9-11,13,19,21-22,27-28,41,46H,8,12H2,1-3H3. The number of aryl methyl sites for hydroxylation is 2. The summed E-state index contributed by atoms with van der Waals surface area (Å²) in [7, 11) is 1.68. The highest BCUT2D eigenvalue weighted by molar-refractivity contribution is 7.22. The van der Waals surface area contributed by atoms with Gasteiger partial charge >= 0.3 is 0 Å². The second-order valence-electron chi connectivity index (χ2n) is 13.1. The molecule has 0 spiro atoms. The van der Waals surface area contributed by atoms with Crippen LogP contribution in [0.4, 0.5) is 5.82 Å². The number of nitrogens with zero attached hydrogens (tertiary/aromatic N) is 4. The minimum absolute atomic E-state index is 0.0605. The summed E-state index contributed by atoms with van der Waals surface area (Å²) in [6.07, 6.45) is 2.19. The molecule has 2 aromatic heterocycles. The number of phenolic OH excluding ortho intramolecular Hbond substituents is 1. The second-order valence-corrected chi connectivity index (χ2v) is 15.0. The first kappa shape index (κ1) is 30.3. The average molecular weight is 692 g/mol. The third-order valence-electron chi connectivity index (χ3n) is 10.8. The van der Waals surface area contributed by atoms with E-state index in [0.29, 0.717) is 22.1 Å². The van der Waals surface area contributed by atoms with Crippen molar-refractivity contribution in [3.8, 4) is 16.3 Å². The predicted octanol–water partition coefficient (Wildman–Crippen LogP) is 6.24. The number of benzene rings is 2. The van der Waals surface area contributed by atoms with Gasteiger partial charge in [0.2, 0.25) is 11.8 Å². The Morgan fingerprint density at radius 1 is 1.00 bits per heavy atom. The highest BCUT2D eigenvalue weighted by Crippen LogP contribution is 2.64. The summed E-state index contributed by atoms with van der Waals surface area (Å²) in [5, 5.41) is 27.2. The fraction of sp³-hybridized carbons (Fsp3) is 0.324. The lowest BCUT2D eigenvalue weighted by Crippen LogP contribution is -2.49. The Morgan fingerprint density at radius 2 is 1.77 bits per heavy atom. The van der Waals surface area contributed by atoms with Gasteiger partial charge in [-0.2, -0.15) is 10.2 Å². The average Bonchev–Trinajstić information content (AvgIpc) is 3.69. The minimum atomic E-state index is -1.33. The number of anilines is 1. The van der Waals surface area contributed by atoms with E-state index in [4.69, 9.17) is 28.3 Å². The number of rotatable bonds is 3. The van der Waals surface area contributed by atoms with Crippen molar-refractivity contribution in [1.29, 1.82) is 0 Å². The molecular weight excluding hydrogens is 663 g/mol. The first-order chi connectivity index (χ1) is 22.3. The molecule has 2 aliphatic heterocycles. The maximum absolute atomic E-state index is 14.8. The topological polar surface area (TPSA) is 133 Å². The Labute approximate surface area is 282 Å². The van der Waals surface area contributed by atoms with Crippen molar-refractivity contribution in [2.75, 3.05) is 4.90 Å². The molecule has 1 saturated carbocycles. The quantitative estimate of drug-likeness (QED) is 0.148. The Balaban J connectivity index is 1.26. The van der Waals surface area contributed by atoms with Gasteiger partial charge in [-0.1, -0.05) is 40.9 Å². The van der Waals surface area contributed by atoms with Gasteiger partial charge in [-0.05, 0) is 79.5 Å². The smallest absolute Gasteiger partial charge is 0.257 e. The number of fused-ring (bicyclic) bond motifs is 5. The summed E-state index contributed by atoms with van der Waals surface area (Å²) in [6, 6.07) is 11.9. The van der Waals surface area contributed by atoms with Gasteiger partial charge in [0.15, 0.2) is 0 Å². The summed E-state index contributed by atoms with van der Waals surface area (Å²) in [5.41, 5.74) is 1.51. The molecule has 2 aromatic carbocycles. The van der Waals surface area contributed by atoms with E-state index in [2.05, 4.69) is 0 Å². The molecule has 2 saturated heterocycles. The molecular formula is C34H28Cl2N4O6S. The molecule has 4 amide bonds. The number of aromatic hydroxyl groups is 1. The van der Waals surface area contributed by atoms with Crippen LogP contribution in [0.25, 0.3) is 20.7 Å². The molecule has 2 aliphatic carbocycles. The SMILES string of the molecule is Cc1c(-c2cc(N3C(=O)C4CC5C(=CCC6C(=O)N(O)C(=O)C65)C(c5ccc(O)cc5Cl)C4(C)C3=O)n(C)n2)sc2ccc(Cl)cc12. The molecule has 4 aromatic rings. The molecule has 0 radical (unpaired) electrons. The van der Waals surface area contributed by atoms with Crippen molar-refractivity contribution < 1.29 is 29.5 Å². The molecule has 3 fully saturated rings. The van der Waals surface area contributed by atoms with Crippen LogP contribution in [0, 0.1) is 36.0 Å². The first-order valence-electron chi connectivity index (χ1n) is 15.2. The van der Waals surface area contributed by atoms with Crippen molar-refractivity contribution in [1.82, 2.24) is 14.8 Å². The molecule has 0 bridgehead atoms. The van der Waals surface area contributed by atoms with Crippen molar-refractivity contribution in [3.63, 3.8) is 0 Å². The second kappa shape index (κ2) is 10.2. The molecule has 10 nitrogen and oxygen atoms in total. The molecule has 4 heterocycles. The third-order valence-corrected chi connectivity index (χ3v) is 12.6. The normalized spacial score (nSPS) is 28.6. The Morgan fingerprint density at radius 3 is 2.51 bits per heavy atom. The van der Waals surface area contributed by atoms with E-state index in [1.807, 2.05) is 31.2 Å². The number of allylic oxidation sites excluding steroid dienone is 2. The van der Waals surface area contributed by atoms with Gasteiger partial charge in [0, 0.05) is 33.8 Å². The number of thiophene rings is 1. The van der Waals surface area contributed by atoms with E-state index < -0.39 is 58.6 Å². The van der Waals surface area contributed by atoms with Gasteiger partial charge in [0.25, 0.3) is 11.8 Å². The number of hydroxylamine groups is 2. The van der Waals surface area contributed by atoms with E-state index in [1.165, 1.54) is 21.7 Å². The van der Waals surface area contributed by atoms with E-state index in [0.717, 1.165) is 26.1 Å². The number of carbonyl (C=O) groups is 4. The van der Waals surface area contributed by atoms with Gasteiger partial charge in [-0.15, -0.1) is 11.3 Å². The monoisotopic (exact) mass is 690 g/mol. The summed E-state index contributed by atoms with van der Waals surface area (Å²) in [4.78, 5) is 57.5. The van der Waals surface area contributed by atoms with E-state index in [-0.39, 0.29) is 28.7 Å². The Kier molecular flexibility index (Phi) is 6.60. The van der Waals surface area contributed by atoms with E-state index >= 15 is 0 Å². The number of aromatic nitrogens is 2. The van der Waals surface area contributed by atoms with Crippen LogP contribution in [0.5, 0.6) is 5.75 Å². The van der Waals surface area contributed by atoms with Gasteiger partial charge in [0.1, 0.15) is 17.3 Å². The molecule has 6 unspecified atom stereocenters. The van der Waals surface area contributed by atoms with Crippen LogP contribution >= 0.6 is 34.5 Å². The highest BCUT2D eigenvalue weighted by Gasteiger charge is 2.68. The minimum Gasteiger partial charge on any atom is -0.508 e. The van der Waals surface area contributed by atoms with Gasteiger partial charge in [-0.3, -0.25) is 29.1 Å². The Hall–Kier alpha value is -4.03. The molecule has 240 valence electrons. The highest BCUT2D eigenvalue weighted by atomic mass is 35.5. The Bertz CT molecular complexity index is 2140. The van der Waals surface area contributed by atoms with Gasteiger partial charge in [-0.25, -0.2) is 4.90 Å². The van der Waals surface area contributed by atoms with Crippen LogP contribution in [0.15, 0.2) is 54.1 Å². The first-order valence-corrected chi connectivity index (χ1v) is 16.8. The van der Waals surface area contributed by atoms with Gasteiger partial charge in [0.05, 0.1) is 28.0 Å². The number of imide groups is 2. The van der Waals surface area contributed by atoms with Crippen molar-refractivity contribution in [2.45, 2.75) is 32.6 Å². The van der Waals surface area contributed by atoms with E-state index in [1.54, 1.807) is 37.4 Å². The van der Waals surface area contributed by atoms with E-state index in [9.17, 15) is 29.5 Å². The van der Waals surface area contributed by atoms with Gasteiger partial charge < -0.3 is 5.11 Å². The largest absolute Gasteiger partial charge is 0.508 e. The molecule has 6 atom stereocenters. The number of hydrogen-bond donors (Lipinski definition) is 2. The molecule has 4 aliphatic rings. The van der Waals surface area contributed by atoms with Crippen LogP contribution in [0.1, 0.15) is 36.8 Å². The fourth-order valence-corrected chi connectivity index (χ4v) is 10.1. The lowest BCUT2D eigenvalue weighted by Gasteiger charge is -2.49. The number of phenols is 1. The van der Waals surface area contributed by atoms with Crippen LogP contribution in [-0.2, 0) is 26.2 Å². The zero-order valence-electron chi connectivity index (χ0n) is 25.4. The summed E-state index contributed by atoms with van der Waals surface area (Å²) in [5.74, 6) is -5.87. The maximum atomic E-state index is 14.8. The fourth-order valence-electron chi connectivity index (χ4n) is 8.53. The number of hydrogen-bond acceptors (Lipinski definition) is 8. The van der Waals surface area contributed by atoms with Crippen LogP contribution in [0.2, 0.25) is 10.0 Å². The number of halogens is 2. The number of carbonyl (C=O) groups excluding carboxylic acids is 4. The molecule has 2 N–H and O–H groups in total. The zero-order valence-corrected chi connectivity index (χ0v) is 27.7. The predicted molar refractivity (Wildman–Crippen MR) is 175 cm³/mol. The molecule has 47 heavy (non-hydrogen) atoms. The number of amides is 4. The van der Waals surface area contributed by atoms with Crippen molar-refractivity contribution in [3.05, 3.63) is 75.3 Å². The lowest BCUT2D eigenvalue weighted by atomic mass is 9.51. The zero-order chi connectivity index (χ0) is 33.3. The van der Waals surface area contributed by atoms with Crippen molar-refractivity contribution >= 4 is 74.1 Å². The third kappa shape index (κ3) is 4.03. The van der Waals surface area contributed by atoms with Crippen LogP contribution in [0.3, 0.4) is 0 Å². The van der Waals surface area contributed by atoms with Crippen molar-refractivity contribution in [2.24, 2.45) is 36.1 Å². The summed E-state index contributed by atoms with van der Waals surface area (Å²) in [6.45, 7) is 3.74. The van der Waals surface area contributed by atoms with Crippen LogP contribution in [-0.4, -0.2) is 48.8 Å². The summed E-state index contributed by atoms with van der Waals surface area (Å²) >= 11 is 14.5.